The number of carbonyl (C=O) groups is 1. The maximum absolute atomic E-state index is 12.3. The van der Waals surface area contributed by atoms with Gasteiger partial charge in [-0.1, -0.05) is 18.2 Å². The van der Waals surface area contributed by atoms with E-state index in [4.69, 9.17) is 9.47 Å². The lowest BCUT2D eigenvalue weighted by molar-refractivity contribution is -0.139. The first-order valence-electron chi connectivity index (χ1n) is 9.44. The van der Waals surface area contributed by atoms with Gasteiger partial charge in [0, 0.05) is 44.4 Å². The number of fused-ring (bicyclic) bond motifs is 6. The van der Waals surface area contributed by atoms with E-state index in [1.807, 2.05) is 0 Å². The fourth-order valence-corrected chi connectivity index (χ4v) is 5.19. The molecule has 0 saturated carbocycles. The van der Waals surface area contributed by atoms with Crippen molar-refractivity contribution in [2.45, 2.75) is 31.9 Å². The molecular weight excluding hydrogens is 328 g/mol. The Hall–Kier alpha value is -2.27. The van der Waals surface area contributed by atoms with Crippen LogP contribution in [0.2, 0.25) is 0 Å². The Morgan fingerprint density at radius 2 is 2.23 bits per heavy atom. The van der Waals surface area contributed by atoms with Crippen LogP contribution in [0.15, 0.2) is 36.1 Å². The number of esters is 1. The SMILES string of the molecule is COC(=O)C1=CO[C@H](C)[C@H]2CN3CCc4c([nH]c5ccccc45)C3CC12.[HH].[HH]. The summed E-state index contributed by atoms with van der Waals surface area (Å²) in [6.45, 7) is 4.13. The van der Waals surface area contributed by atoms with Gasteiger partial charge in [0.05, 0.1) is 31.1 Å². The average molecular weight is 356 g/mol. The van der Waals surface area contributed by atoms with Gasteiger partial charge in [-0.25, -0.2) is 4.79 Å². The van der Waals surface area contributed by atoms with Crippen molar-refractivity contribution < 1.29 is 17.1 Å². The monoisotopic (exact) mass is 356 g/mol. The van der Waals surface area contributed by atoms with E-state index < -0.39 is 0 Å². The van der Waals surface area contributed by atoms with Gasteiger partial charge in [0.25, 0.3) is 0 Å². The van der Waals surface area contributed by atoms with Crippen LogP contribution in [0.1, 0.15) is 33.5 Å². The molecule has 4 atom stereocenters. The first-order valence-corrected chi connectivity index (χ1v) is 9.44. The molecule has 1 aromatic heterocycles. The molecule has 2 aromatic rings. The summed E-state index contributed by atoms with van der Waals surface area (Å²) in [5.41, 5.74) is 4.69. The third kappa shape index (κ3) is 2.23. The molecule has 26 heavy (non-hydrogen) atoms. The summed E-state index contributed by atoms with van der Waals surface area (Å²) in [5, 5.41) is 1.34. The number of nitrogens with one attached hydrogen (secondary N) is 1. The topological polar surface area (TPSA) is 54.6 Å². The lowest BCUT2D eigenvalue weighted by Crippen LogP contribution is -2.51. The highest BCUT2D eigenvalue weighted by Crippen LogP contribution is 2.47. The Morgan fingerprint density at radius 1 is 1.38 bits per heavy atom. The molecule has 0 aliphatic carbocycles. The van der Waals surface area contributed by atoms with E-state index in [0.717, 1.165) is 25.9 Å². The highest BCUT2D eigenvalue weighted by Gasteiger charge is 2.46. The minimum absolute atomic E-state index is 0. The predicted octanol–water partition coefficient (Wildman–Crippen LogP) is 3.67. The number of piperidine rings is 1. The van der Waals surface area contributed by atoms with Crippen LogP contribution in [0.3, 0.4) is 0 Å². The maximum atomic E-state index is 12.3. The maximum Gasteiger partial charge on any atom is 0.337 e. The minimum Gasteiger partial charge on any atom is -0.497 e. The van der Waals surface area contributed by atoms with Gasteiger partial charge < -0.3 is 14.5 Å². The molecule has 1 fully saturated rings. The molecule has 1 aromatic carbocycles. The number of aromatic amines is 1. The molecule has 5 heteroatoms. The minimum atomic E-state index is -0.256. The molecule has 5 rings (SSSR count). The molecule has 3 aliphatic rings. The van der Waals surface area contributed by atoms with Crippen LogP contribution in [-0.4, -0.2) is 42.2 Å². The third-order valence-corrected chi connectivity index (χ3v) is 6.54. The van der Waals surface area contributed by atoms with Gasteiger partial charge in [-0.2, -0.15) is 0 Å². The van der Waals surface area contributed by atoms with E-state index in [1.165, 1.54) is 29.3 Å². The van der Waals surface area contributed by atoms with E-state index in [2.05, 4.69) is 41.1 Å². The van der Waals surface area contributed by atoms with Crippen molar-refractivity contribution in [3.8, 4) is 0 Å². The van der Waals surface area contributed by atoms with Gasteiger partial charge >= 0.3 is 5.97 Å². The third-order valence-electron chi connectivity index (χ3n) is 6.54. The fraction of sp³-hybridized carbons (Fsp3) is 0.476. The molecule has 0 spiro atoms. The number of nitrogens with zero attached hydrogens (tertiary/aromatic N) is 1. The molecule has 4 heterocycles. The number of H-pyrrole nitrogens is 1. The quantitative estimate of drug-likeness (QED) is 0.792. The van der Waals surface area contributed by atoms with Gasteiger partial charge in [-0.3, -0.25) is 4.90 Å². The van der Waals surface area contributed by atoms with E-state index in [1.54, 1.807) is 6.26 Å². The van der Waals surface area contributed by atoms with Crippen molar-refractivity contribution >= 4 is 16.9 Å². The Labute approximate surface area is 155 Å². The second-order valence-corrected chi connectivity index (χ2v) is 7.74. The van der Waals surface area contributed by atoms with Gasteiger partial charge in [0.15, 0.2) is 0 Å². The van der Waals surface area contributed by atoms with Crippen LogP contribution >= 0.6 is 0 Å². The van der Waals surface area contributed by atoms with Gasteiger partial charge in [-0.05, 0) is 31.4 Å². The summed E-state index contributed by atoms with van der Waals surface area (Å²) in [6.07, 6.45) is 3.77. The van der Waals surface area contributed by atoms with Crippen LogP contribution in [0, 0.1) is 11.8 Å². The standard InChI is InChI=1S/C21H24N2O3.2H2/c1-12-16-10-23-8-7-14-13-5-3-4-6-18(13)22-20(14)19(23)9-15(16)17(11-26-12)21(24)25-2;;/h3-6,11-12,15-16,19,22H,7-10H2,1-2H3;2*1H/t12-,15?,16-,19?;;/m1../s1. The molecule has 0 amide bonds. The molecule has 2 unspecified atom stereocenters. The number of ether oxygens (including phenoxy) is 2. The summed E-state index contributed by atoms with van der Waals surface area (Å²) in [5.74, 6) is 0.258. The number of methoxy groups -OCH3 is 1. The molecular formula is C21H28N2O3. The molecule has 1 N–H and O–H groups in total. The van der Waals surface area contributed by atoms with Crippen molar-refractivity contribution in [2.75, 3.05) is 20.2 Å². The fourth-order valence-electron chi connectivity index (χ4n) is 5.19. The second-order valence-electron chi connectivity index (χ2n) is 7.74. The molecule has 140 valence electrons. The average Bonchev–Trinajstić information content (AvgIpc) is 3.06. The van der Waals surface area contributed by atoms with E-state index in [-0.39, 0.29) is 20.8 Å². The Morgan fingerprint density at radius 3 is 3.08 bits per heavy atom. The smallest absolute Gasteiger partial charge is 0.337 e. The zero-order valence-corrected chi connectivity index (χ0v) is 15.2. The zero-order chi connectivity index (χ0) is 17.8. The number of rotatable bonds is 1. The molecule has 3 aliphatic heterocycles. The zero-order valence-electron chi connectivity index (χ0n) is 15.2. The van der Waals surface area contributed by atoms with Gasteiger partial charge in [0.1, 0.15) is 0 Å². The highest BCUT2D eigenvalue weighted by atomic mass is 16.5. The van der Waals surface area contributed by atoms with Crippen molar-refractivity contribution in [3.63, 3.8) is 0 Å². The van der Waals surface area contributed by atoms with Crippen molar-refractivity contribution in [2.24, 2.45) is 11.8 Å². The molecule has 5 nitrogen and oxygen atoms in total. The molecule has 1 saturated heterocycles. The normalized spacial score (nSPS) is 30.6. The van der Waals surface area contributed by atoms with Crippen LogP contribution in [0.5, 0.6) is 0 Å². The van der Waals surface area contributed by atoms with Crippen molar-refractivity contribution in [1.82, 2.24) is 9.88 Å². The molecule has 0 radical (unpaired) electrons. The number of hydrogen-bond acceptors (Lipinski definition) is 4. The van der Waals surface area contributed by atoms with Crippen LogP contribution in [0.25, 0.3) is 10.9 Å². The summed E-state index contributed by atoms with van der Waals surface area (Å²) in [6, 6.07) is 8.88. The lowest BCUT2D eigenvalue weighted by atomic mass is 9.72. The Kier molecular flexibility index (Phi) is 3.60. The lowest BCUT2D eigenvalue weighted by Gasteiger charge is -2.49. The molecule has 0 bridgehead atoms. The largest absolute Gasteiger partial charge is 0.497 e. The Bertz CT molecular complexity index is 910. The summed E-state index contributed by atoms with van der Waals surface area (Å²) >= 11 is 0. The number of hydrogen-bond donors (Lipinski definition) is 1. The predicted molar refractivity (Wildman–Crippen MR) is 103 cm³/mol. The van der Waals surface area contributed by atoms with Crippen molar-refractivity contribution in [3.05, 3.63) is 47.4 Å². The van der Waals surface area contributed by atoms with Gasteiger partial charge in [0.2, 0.25) is 0 Å². The number of carbonyl (C=O) groups excluding carboxylic acids is 1. The highest BCUT2D eigenvalue weighted by molar-refractivity contribution is 5.89. The van der Waals surface area contributed by atoms with Crippen LogP contribution < -0.4 is 0 Å². The van der Waals surface area contributed by atoms with Crippen LogP contribution in [0.4, 0.5) is 0 Å². The summed E-state index contributed by atoms with van der Waals surface area (Å²) in [7, 11) is 1.45. The first-order chi connectivity index (χ1) is 12.7. The second kappa shape index (κ2) is 5.88. The number of para-hydroxylation sites is 1. The summed E-state index contributed by atoms with van der Waals surface area (Å²) in [4.78, 5) is 18.5. The van der Waals surface area contributed by atoms with Crippen LogP contribution in [-0.2, 0) is 20.7 Å². The summed E-state index contributed by atoms with van der Waals surface area (Å²) < 4.78 is 10.8. The number of aromatic nitrogens is 1. The van der Waals surface area contributed by atoms with Gasteiger partial charge in [-0.15, -0.1) is 0 Å². The first kappa shape index (κ1) is 15.9. The Balaban J connectivity index is 0.00000112. The van der Waals surface area contributed by atoms with E-state index in [9.17, 15) is 4.79 Å². The van der Waals surface area contributed by atoms with Crippen molar-refractivity contribution in [1.29, 1.82) is 0 Å². The van der Waals surface area contributed by atoms with E-state index >= 15 is 0 Å². The van der Waals surface area contributed by atoms with E-state index in [0.29, 0.717) is 17.5 Å². The number of benzene rings is 1.